The van der Waals surface area contributed by atoms with Gasteiger partial charge in [-0.25, -0.2) is 13.1 Å². The molecule has 0 fully saturated rings. The van der Waals surface area contributed by atoms with Crippen molar-refractivity contribution in [2.75, 3.05) is 6.54 Å². The van der Waals surface area contributed by atoms with Gasteiger partial charge in [0.15, 0.2) is 5.78 Å². The average Bonchev–Trinajstić information content (AvgIpc) is 2.98. The number of sulfonamides is 1. The summed E-state index contributed by atoms with van der Waals surface area (Å²) in [5.74, 6) is 0.0327. The molecule has 1 N–H and O–H groups in total. The highest BCUT2D eigenvalue weighted by atomic mass is 79.9. The van der Waals surface area contributed by atoms with Gasteiger partial charge >= 0.3 is 0 Å². The van der Waals surface area contributed by atoms with Gasteiger partial charge in [-0.15, -0.1) is 22.7 Å². The number of thiophene rings is 2. The lowest BCUT2D eigenvalue weighted by atomic mass is 10.3. The number of hydrogen-bond donors (Lipinski definition) is 1. The van der Waals surface area contributed by atoms with Crippen LogP contribution in [-0.2, 0) is 16.4 Å². The van der Waals surface area contributed by atoms with Crippen LogP contribution in [0.3, 0.4) is 0 Å². The van der Waals surface area contributed by atoms with E-state index < -0.39 is 10.0 Å². The molecule has 20 heavy (non-hydrogen) atoms. The molecule has 0 radical (unpaired) electrons. The lowest BCUT2D eigenvalue weighted by Crippen LogP contribution is -2.25. The maximum atomic E-state index is 12.0. The second kappa shape index (κ2) is 6.48. The molecule has 2 aromatic rings. The number of ketones is 1. The fourth-order valence-corrected chi connectivity index (χ4v) is 5.51. The van der Waals surface area contributed by atoms with E-state index in [1.54, 1.807) is 18.2 Å². The fourth-order valence-electron chi connectivity index (χ4n) is 1.52. The van der Waals surface area contributed by atoms with E-state index in [1.165, 1.54) is 29.6 Å². The molecule has 0 unspecified atom stereocenters. The minimum absolute atomic E-state index is 0.0327. The van der Waals surface area contributed by atoms with Gasteiger partial charge in [-0.2, -0.15) is 0 Å². The van der Waals surface area contributed by atoms with Crippen molar-refractivity contribution in [1.29, 1.82) is 0 Å². The molecule has 0 spiro atoms. The molecular weight excluding hydrogens is 382 g/mol. The first-order valence-electron chi connectivity index (χ1n) is 5.73. The summed E-state index contributed by atoms with van der Waals surface area (Å²) in [5.41, 5.74) is 0. The van der Waals surface area contributed by atoms with Gasteiger partial charge in [0.05, 0.1) is 8.66 Å². The van der Waals surface area contributed by atoms with Crippen molar-refractivity contribution in [2.45, 2.75) is 17.6 Å². The third-order valence-electron chi connectivity index (χ3n) is 2.49. The maximum absolute atomic E-state index is 12.0. The first kappa shape index (κ1) is 15.8. The van der Waals surface area contributed by atoms with Crippen molar-refractivity contribution in [2.24, 2.45) is 0 Å². The summed E-state index contributed by atoms with van der Waals surface area (Å²) in [6, 6.07) is 6.90. The summed E-state index contributed by atoms with van der Waals surface area (Å²) in [4.78, 5) is 12.9. The molecule has 0 aliphatic rings. The van der Waals surface area contributed by atoms with Crippen LogP contribution in [0.15, 0.2) is 32.3 Å². The van der Waals surface area contributed by atoms with E-state index in [0.29, 0.717) is 22.1 Å². The molecule has 2 rings (SSSR count). The summed E-state index contributed by atoms with van der Waals surface area (Å²) in [7, 11) is -3.44. The first-order valence-corrected chi connectivity index (χ1v) is 9.64. The van der Waals surface area contributed by atoms with E-state index in [4.69, 9.17) is 0 Å². The summed E-state index contributed by atoms with van der Waals surface area (Å²) >= 11 is 5.82. The van der Waals surface area contributed by atoms with Crippen LogP contribution in [0.1, 0.15) is 21.5 Å². The number of halogens is 1. The van der Waals surface area contributed by atoms with Crippen molar-refractivity contribution in [3.63, 3.8) is 0 Å². The van der Waals surface area contributed by atoms with Crippen molar-refractivity contribution in [3.05, 3.63) is 37.8 Å². The summed E-state index contributed by atoms with van der Waals surface area (Å²) in [6.07, 6.45) is 0.573. The Morgan fingerprint density at radius 3 is 2.55 bits per heavy atom. The van der Waals surface area contributed by atoms with Crippen molar-refractivity contribution in [1.82, 2.24) is 4.72 Å². The number of nitrogens with one attached hydrogen (secondary N) is 1. The Morgan fingerprint density at radius 2 is 2.00 bits per heavy atom. The van der Waals surface area contributed by atoms with Crippen LogP contribution in [0, 0.1) is 0 Å². The van der Waals surface area contributed by atoms with Gasteiger partial charge in [-0.05, 0) is 53.5 Å². The number of rotatable bonds is 6. The summed E-state index contributed by atoms with van der Waals surface area (Å²) in [6.45, 7) is 1.84. The van der Waals surface area contributed by atoms with E-state index in [9.17, 15) is 13.2 Å². The molecule has 108 valence electrons. The molecule has 0 aromatic carbocycles. The van der Waals surface area contributed by atoms with E-state index >= 15 is 0 Å². The van der Waals surface area contributed by atoms with Crippen LogP contribution in [0.25, 0.3) is 0 Å². The number of carbonyl (C=O) groups excluding carboxylic acids is 1. The summed E-state index contributed by atoms with van der Waals surface area (Å²) < 4.78 is 27.6. The Balaban J connectivity index is 1.93. The Bertz CT molecular complexity index is 718. The Labute approximate surface area is 134 Å². The fraction of sp³-hybridized carbons (Fsp3) is 0.250. The molecule has 0 bridgehead atoms. The normalized spacial score (nSPS) is 11.7. The van der Waals surface area contributed by atoms with Crippen LogP contribution in [0.2, 0.25) is 0 Å². The first-order chi connectivity index (χ1) is 9.38. The molecule has 0 aliphatic heterocycles. The minimum Gasteiger partial charge on any atom is -0.294 e. The molecule has 8 heteroatoms. The van der Waals surface area contributed by atoms with E-state index in [1.807, 2.05) is 6.07 Å². The van der Waals surface area contributed by atoms with Gasteiger partial charge in [0.25, 0.3) is 0 Å². The summed E-state index contributed by atoms with van der Waals surface area (Å²) in [5, 5.41) is 0. The molecule has 0 saturated carbocycles. The highest BCUT2D eigenvalue weighted by Gasteiger charge is 2.16. The zero-order chi connectivity index (χ0) is 14.8. The topological polar surface area (TPSA) is 63.2 Å². The highest BCUT2D eigenvalue weighted by Crippen LogP contribution is 2.25. The predicted molar refractivity (Wildman–Crippen MR) is 85.2 cm³/mol. The molecule has 2 heterocycles. The molecule has 0 saturated heterocycles. The monoisotopic (exact) mass is 393 g/mol. The van der Waals surface area contributed by atoms with E-state index in [0.717, 1.165) is 8.66 Å². The van der Waals surface area contributed by atoms with E-state index in [2.05, 4.69) is 20.7 Å². The maximum Gasteiger partial charge on any atom is 0.250 e. The number of Topliss-reactive ketones (excluding diaryl/α,β-unsaturated/α-hetero) is 1. The SMILES string of the molecule is CC(=O)c1ccc(CCNS(=O)(=O)c2ccc(Br)s2)s1. The zero-order valence-electron chi connectivity index (χ0n) is 10.6. The zero-order valence-corrected chi connectivity index (χ0v) is 14.6. The Hall–Kier alpha value is -0.540. The van der Waals surface area contributed by atoms with Crippen LogP contribution in [0.5, 0.6) is 0 Å². The molecular formula is C12H12BrNO3S3. The quantitative estimate of drug-likeness (QED) is 0.765. The van der Waals surface area contributed by atoms with Crippen LogP contribution >= 0.6 is 38.6 Å². The molecule has 2 aromatic heterocycles. The smallest absolute Gasteiger partial charge is 0.250 e. The van der Waals surface area contributed by atoms with Gasteiger partial charge in [0.2, 0.25) is 10.0 Å². The lowest BCUT2D eigenvalue weighted by Gasteiger charge is -2.03. The van der Waals surface area contributed by atoms with Gasteiger partial charge in [-0.1, -0.05) is 0 Å². The Morgan fingerprint density at radius 1 is 1.25 bits per heavy atom. The van der Waals surface area contributed by atoms with E-state index in [-0.39, 0.29) is 5.78 Å². The second-order valence-electron chi connectivity index (χ2n) is 4.03. The van der Waals surface area contributed by atoms with Crippen molar-refractivity contribution >= 4 is 54.4 Å². The second-order valence-corrected chi connectivity index (χ2v) is 9.65. The Kier molecular flexibility index (Phi) is 5.14. The third-order valence-corrected chi connectivity index (χ3v) is 7.31. The minimum atomic E-state index is -3.44. The standard InChI is InChI=1S/C12H12BrNO3S3/c1-8(15)10-3-2-9(18-10)6-7-14-20(16,17)12-5-4-11(13)19-12/h2-5,14H,6-7H2,1H3. The highest BCUT2D eigenvalue weighted by molar-refractivity contribution is 9.11. The molecule has 4 nitrogen and oxygen atoms in total. The molecule has 0 amide bonds. The van der Waals surface area contributed by atoms with Gasteiger partial charge in [-0.3, -0.25) is 4.79 Å². The largest absolute Gasteiger partial charge is 0.294 e. The van der Waals surface area contributed by atoms with Gasteiger partial charge in [0, 0.05) is 11.4 Å². The van der Waals surface area contributed by atoms with Crippen molar-refractivity contribution in [3.8, 4) is 0 Å². The number of hydrogen-bond acceptors (Lipinski definition) is 5. The predicted octanol–water partition coefficient (Wildman–Crippen LogP) is 3.30. The molecule has 0 atom stereocenters. The van der Waals surface area contributed by atoms with Gasteiger partial charge < -0.3 is 0 Å². The average molecular weight is 394 g/mol. The van der Waals surface area contributed by atoms with Crippen molar-refractivity contribution < 1.29 is 13.2 Å². The van der Waals surface area contributed by atoms with Crippen LogP contribution in [0.4, 0.5) is 0 Å². The van der Waals surface area contributed by atoms with Crippen LogP contribution < -0.4 is 4.72 Å². The van der Waals surface area contributed by atoms with Gasteiger partial charge in [0.1, 0.15) is 4.21 Å². The lowest BCUT2D eigenvalue weighted by molar-refractivity contribution is 0.102. The number of carbonyl (C=O) groups is 1. The molecule has 0 aliphatic carbocycles. The third kappa shape index (κ3) is 3.98. The van der Waals surface area contributed by atoms with Crippen LogP contribution in [-0.4, -0.2) is 20.7 Å².